The van der Waals surface area contributed by atoms with Crippen LogP contribution in [0.3, 0.4) is 0 Å². The molecule has 0 spiro atoms. The number of sulfonamides is 1. The highest BCUT2D eigenvalue weighted by molar-refractivity contribution is 7.92. The first-order valence-electron chi connectivity index (χ1n) is 11.5. The van der Waals surface area contributed by atoms with Gasteiger partial charge in [0.05, 0.1) is 23.7 Å². The topological polar surface area (TPSA) is 131 Å². The van der Waals surface area contributed by atoms with E-state index >= 15 is 0 Å². The van der Waals surface area contributed by atoms with Gasteiger partial charge in [0.15, 0.2) is 0 Å². The van der Waals surface area contributed by atoms with Crippen molar-refractivity contribution in [1.29, 1.82) is 0 Å². The molecule has 4 rings (SSSR count). The molecule has 1 amide bonds. The van der Waals surface area contributed by atoms with E-state index in [-0.39, 0.29) is 41.4 Å². The number of fused-ring (bicyclic) bond motifs is 2. The van der Waals surface area contributed by atoms with Crippen LogP contribution in [-0.4, -0.2) is 56.6 Å². The molecular formula is C24H25F3N2O8S. The molecule has 206 valence electrons. The number of carboxylic acid groups (broad SMARTS) is 1. The lowest BCUT2D eigenvalue weighted by Gasteiger charge is -2.35. The van der Waals surface area contributed by atoms with E-state index in [9.17, 15) is 31.2 Å². The Morgan fingerprint density at radius 2 is 1.87 bits per heavy atom. The third-order valence-corrected chi connectivity index (χ3v) is 7.87. The number of hydrogen-bond acceptors (Lipinski definition) is 7. The summed E-state index contributed by atoms with van der Waals surface area (Å²) in [5.74, 6) is -0.404. The summed E-state index contributed by atoms with van der Waals surface area (Å²) < 4.78 is 83.6. The Balaban J connectivity index is 1.66. The van der Waals surface area contributed by atoms with Crippen LogP contribution in [0.5, 0.6) is 11.5 Å². The number of anilines is 2. The molecule has 2 heterocycles. The van der Waals surface area contributed by atoms with Gasteiger partial charge in [0, 0.05) is 18.5 Å². The molecule has 2 N–H and O–H groups in total. The van der Waals surface area contributed by atoms with Crippen molar-refractivity contribution < 1.29 is 50.5 Å². The number of benzene rings is 2. The van der Waals surface area contributed by atoms with Gasteiger partial charge < -0.3 is 19.3 Å². The van der Waals surface area contributed by atoms with Gasteiger partial charge in [-0.15, -0.1) is 0 Å². The van der Waals surface area contributed by atoms with Crippen molar-refractivity contribution in [2.75, 3.05) is 22.8 Å². The maximum Gasteiger partial charge on any atom is 0.427 e. The van der Waals surface area contributed by atoms with E-state index in [2.05, 4.69) is 10.1 Å². The highest BCUT2D eigenvalue weighted by Gasteiger charge is 2.51. The molecule has 2 aromatic rings. The third kappa shape index (κ3) is 5.59. The molecule has 2 aromatic carbocycles. The van der Waals surface area contributed by atoms with Gasteiger partial charge in [-0.05, 0) is 62.2 Å². The van der Waals surface area contributed by atoms with Crippen molar-refractivity contribution in [2.24, 2.45) is 0 Å². The number of rotatable bonds is 7. The molecule has 14 heteroatoms. The number of carbonyl (C=O) groups excluding carboxylic acids is 1. The van der Waals surface area contributed by atoms with Crippen molar-refractivity contribution >= 4 is 33.5 Å². The number of carboxylic acids is 1. The van der Waals surface area contributed by atoms with Crippen LogP contribution in [0.15, 0.2) is 41.3 Å². The fourth-order valence-corrected chi connectivity index (χ4v) is 5.49. The molecule has 1 unspecified atom stereocenters. The molecule has 0 aromatic heterocycles. The number of ether oxygens (including phenoxy) is 3. The molecule has 0 saturated heterocycles. The fraction of sp³-hybridized carbons (Fsp3) is 0.417. The summed E-state index contributed by atoms with van der Waals surface area (Å²) in [6.07, 6.45) is -6.70. The summed E-state index contributed by atoms with van der Waals surface area (Å²) in [5, 5.41) is 11.2. The Morgan fingerprint density at radius 1 is 1.16 bits per heavy atom. The van der Waals surface area contributed by atoms with Crippen LogP contribution in [0, 0.1) is 0 Å². The summed E-state index contributed by atoms with van der Waals surface area (Å²) in [6, 6.07) is 8.31. The minimum absolute atomic E-state index is 0.0150. The molecule has 0 saturated carbocycles. The van der Waals surface area contributed by atoms with Crippen LogP contribution in [0.2, 0.25) is 0 Å². The van der Waals surface area contributed by atoms with E-state index in [0.717, 1.165) is 4.31 Å². The summed E-state index contributed by atoms with van der Waals surface area (Å²) in [7, 11) is -4.20. The largest absolute Gasteiger partial charge is 0.493 e. The number of carbonyl (C=O) groups is 2. The Kier molecular flexibility index (Phi) is 7.12. The summed E-state index contributed by atoms with van der Waals surface area (Å²) in [5.41, 5.74) is -2.08. The molecule has 0 aliphatic carbocycles. The minimum atomic E-state index is -4.81. The summed E-state index contributed by atoms with van der Waals surface area (Å²) in [6.45, 7) is 1.58. The minimum Gasteiger partial charge on any atom is -0.493 e. The normalized spacial score (nSPS) is 17.1. The monoisotopic (exact) mass is 558 g/mol. The maximum atomic E-state index is 13.7. The second-order valence-electron chi connectivity index (χ2n) is 9.28. The van der Waals surface area contributed by atoms with E-state index < -0.39 is 40.0 Å². The number of amides is 1. The standard InChI is InChI=1S/C24H25F3N2O8S/c1-23(2,24(25,26)27)37-22(32)28-15-3-6-20-18(12-15)29(13-16(36-20)4-8-21(30)31)38(33,34)17-5-7-19-14(11-17)9-10-35-19/h3,5-7,11-12,16H,4,8-10,13H2,1-2H3,(H,28,32)(H,30,31). The molecule has 2 aliphatic heterocycles. The van der Waals surface area contributed by atoms with Crippen LogP contribution >= 0.6 is 0 Å². The Hall–Kier alpha value is -3.68. The molecule has 10 nitrogen and oxygen atoms in total. The van der Waals surface area contributed by atoms with Crippen LogP contribution in [0.4, 0.5) is 29.3 Å². The van der Waals surface area contributed by atoms with Gasteiger partial charge in [-0.25, -0.2) is 13.2 Å². The highest BCUT2D eigenvalue weighted by Crippen LogP contribution is 2.41. The lowest BCUT2D eigenvalue weighted by atomic mass is 10.1. The molecule has 0 fully saturated rings. The zero-order valence-corrected chi connectivity index (χ0v) is 21.2. The molecule has 2 aliphatic rings. The van der Waals surface area contributed by atoms with E-state index in [1.165, 1.54) is 30.3 Å². The van der Waals surface area contributed by atoms with Crippen molar-refractivity contribution in [1.82, 2.24) is 0 Å². The lowest BCUT2D eigenvalue weighted by molar-refractivity contribution is -0.242. The van der Waals surface area contributed by atoms with E-state index in [1.807, 2.05) is 0 Å². The van der Waals surface area contributed by atoms with Crippen LogP contribution in [0.25, 0.3) is 0 Å². The fourth-order valence-electron chi connectivity index (χ4n) is 3.94. The first-order chi connectivity index (χ1) is 17.7. The summed E-state index contributed by atoms with van der Waals surface area (Å²) in [4.78, 5) is 23.2. The Bertz CT molecular complexity index is 1360. The quantitative estimate of drug-likeness (QED) is 0.514. The van der Waals surface area contributed by atoms with Gasteiger partial charge in [-0.2, -0.15) is 13.2 Å². The predicted octanol–water partition coefficient (Wildman–Crippen LogP) is 4.33. The van der Waals surface area contributed by atoms with Crippen LogP contribution in [-0.2, 0) is 26.0 Å². The van der Waals surface area contributed by atoms with Gasteiger partial charge in [0.1, 0.15) is 17.6 Å². The first kappa shape index (κ1) is 27.4. The number of nitrogens with one attached hydrogen (secondary N) is 1. The van der Waals surface area contributed by atoms with E-state index in [4.69, 9.17) is 14.6 Å². The molecule has 1 atom stereocenters. The van der Waals surface area contributed by atoms with Crippen molar-refractivity contribution in [3.05, 3.63) is 42.0 Å². The highest BCUT2D eigenvalue weighted by atomic mass is 32.2. The average Bonchev–Trinajstić information content (AvgIpc) is 3.29. The number of halogens is 3. The third-order valence-electron chi connectivity index (χ3n) is 6.10. The zero-order valence-electron chi connectivity index (χ0n) is 20.4. The molecule has 38 heavy (non-hydrogen) atoms. The second-order valence-corrected chi connectivity index (χ2v) is 11.1. The molecule has 0 bridgehead atoms. The van der Waals surface area contributed by atoms with E-state index in [1.54, 1.807) is 6.07 Å². The zero-order chi connectivity index (χ0) is 27.9. The number of aliphatic carboxylic acids is 1. The second kappa shape index (κ2) is 9.89. The predicted molar refractivity (Wildman–Crippen MR) is 128 cm³/mol. The first-order valence-corrected chi connectivity index (χ1v) is 13.0. The average molecular weight is 559 g/mol. The molecule has 0 radical (unpaired) electrons. The van der Waals surface area contributed by atoms with Gasteiger partial charge in [0.2, 0.25) is 5.60 Å². The van der Waals surface area contributed by atoms with Crippen molar-refractivity contribution in [3.8, 4) is 11.5 Å². The number of alkyl halides is 3. The lowest BCUT2D eigenvalue weighted by Crippen LogP contribution is -2.44. The van der Waals surface area contributed by atoms with Gasteiger partial charge >= 0.3 is 18.2 Å². The maximum absolute atomic E-state index is 13.7. The van der Waals surface area contributed by atoms with Crippen molar-refractivity contribution in [3.63, 3.8) is 0 Å². The number of hydrogen-bond donors (Lipinski definition) is 2. The van der Waals surface area contributed by atoms with Crippen LogP contribution < -0.4 is 19.1 Å². The van der Waals surface area contributed by atoms with Gasteiger partial charge in [0.25, 0.3) is 10.0 Å². The van der Waals surface area contributed by atoms with Gasteiger partial charge in [-0.1, -0.05) is 0 Å². The van der Waals surface area contributed by atoms with E-state index in [0.29, 0.717) is 38.2 Å². The molecular weight excluding hydrogens is 533 g/mol. The smallest absolute Gasteiger partial charge is 0.427 e. The van der Waals surface area contributed by atoms with Gasteiger partial charge in [-0.3, -0.25) is 14.4 Å². The van der Waals surface area contributed by atoms with Crippen LogP contribution in [0.1, 0.15) is 32.3 Å². The Morgan fingerprint density at radius 3 is 2.55 bits per heavy atom. The van der Waals surface area contributed by atoms with Crippen molar-refractivity contribution in [2.45, 2.75) is 55.9 Å². The Labute approximate surface area is 216 Å². The SMILES string of the molecule is CC(C)(OC(=O)Nc1ccc2c(c1)N(S(=O)(=O)c1ccc3c(c1)CCO3)CC(CCC(=O)O)O2)C(F)(F)F. The summed E-state index contributed by atoms with van der Waals surface area (Å²) >= 11 is 0. The number of nitrogens with zero attached hydrogens (tertiary/aromatic N) is 1.